The van der Waals surface area contributed by atoms with Crippen LogP contribution in [-0.2, 0) is 21.3 Å². The number of aromatic nitrogens is 1. The van der Waals surface area contributed by atoms with Gasteiger partial charge in [0.05, 0.1) is 23.1 Å². The standard InChI is InChI=1S/C15H14N2O4S/c1-10-7-13(9-16)14(17(10)2)11-5-4-6-12(8-11)15(18)21-22(3,19)20/h4-8H,1-3H3. The van der Waals surface area contributed by atoms with Crippen molar-refractivity contribution in [1.82, 2.24) is 4.57 Å². The average Bonchev–Trinajstić information content (AvgIpc) is 2.72. The number of nitriles is 1. The van der Waals surface area contributed by atoms with Crippen LogP contribution >= 0.6 is 0 Å². The van der Waals surface area contributed by atoms with E-state index < -0.39 is 16.1 Å². The van der Waals surface area contributed by atoms with Gasteiger partial charge in [-0.1, -0.05) is 12.1 Å². The third-order valence-electron chi connectivity index (χ3n) is 3.19. The number of carbonyl (C=O) groups is 1. The Morgan fingerprint density at radius 2 is 2.00 bits per heavy atom. The molecule has 0 fully saturated rings. The Labute approximate surface area is 128 Å². The van der Waals surface area contributed by atoms with E-state index in [4.69, 9.17) is 0 Å². The van der Waals surface area contributed by atoms with E-state index in [1.807, 2.05) is 18.5 Å². The minimum Gasteiger partial charge on any atom is -0.347 e. The van der Waals surface area contributed by atoms with Crippen LogP contribution in [-0.4, -0.2) is 25.2 Å². The second-order valence-electron chi connectivity index (χ2n) is 4.87. The number of rotatable bonds is 3. The van der Waals surface area contributed by atoms with E-state index in [9.17, 15) is 18.5 Å². The minimum atomic E-state index is -3.87. The van der Waals surface area contributed by atoms with Crippen LogP contribution in [0, 0.1) is 18.3 Å². The van der Waals surface area contributed by atoms with Gasteiger partial charge in [0, 0.05) is 18.3 Å². The van der Waals surface area contributed by atoms with E-state index in [-0.39, 0.29) is 5.56 Å². The van der Waals surface area contributed by atoms with E-state index in [0.29, 0.717) is 16.8 Å². The summed E-state index contributed by atoms with van der Waals surface area (Å²) >= 11 is 0. The zero-order chi connectivity index (χ0) is 16.5. The van der Waals surface area contributed by atoms with Crippen molar-refractivity contribution < 1.29 is 17.4 Å². The fourth-order valence-electron chi connectivity index (χ4n) is 2.14. The molecule has 0 amide bonds. The molecule has 1 aromatic carbocycles. The maximum atomic E-state index is 11.8. The third kappa shape index (κ3) is 3.18. The lowest BCUT2D eigenvalue weighted by molar-refractivity contribution is 0.0748. The number of nitrogens with zero attached hydrogens (tertiary/aromatic N) is 2. The van der Waals surface area contributed by atoms with Crippen LogP contribution in [0.4, 0.5) is 0 Å². The van der Waals surface area contributed by atoms with E-state index in [0.717, 1.165) is 11.9 Å². The quantitative estimate of drug-likeness (QED) is 0.807. The molecule has 2 aromatic rings. The first-order valence-electron chi connectivity index (χ1n) is 6.33. The van der Waals surface area contributed by atoms with Gasteiger partial charge in [-0.05, 0) is 25.1 Å². The van der Waals surface area contributed by atoms with Crippen LogP contribution in [0.25, 0.3) is 11.3 Å². The monoisotopic (exact) mass is 318 g/mol. The van der Waals surface area contributed by atoms with Crippen LogP contribution in [0.15, 0.2) is 30.3 Å². The van der Waals surface area contributed by atoms with Gasteiger partial charge in [0.25, 0.3) is 0 Å². The van der Waals surface area contributed by atoms with Crippen molar-refractivity contribution in [3.8, 4) is 17.3 Å². The van der Waals surface area contributed by atoms with Crippen LogP contribution in [0.2, 0.25) is 0 Å². The second-order valence-corrected chi connectivity index (χ2v) is 6.45. The van der Waals surface area contributed by atoms with Crippen molar-refractivity contribution in [1.29, 1.82) is 5.26 Å². The molecule has 0 bridgehead atoms. The Hall–Kier alpha value is -2.59. The zero-order valence-electron chi connectivity index (χ0n) is 12.3. The third-order valence-corrected chi connectivity index (χ3v) is 3.65. The van der Waals surface area contributed by atoms with E-state index >= 15 is 0 Å². The van der Waals surface area contributed by atoms with Crippen molar-refractivity contribution in [2.45, 2.75) is 6.92 Å². The molecule has 0 spiro atoms. The molecule has 0 atom stereocenters. The summed E-state index contributed by atoms with van der Waals surface area (Å²) in [5.74, 6) is -0.950. The summed E-state index contributed by atoms with van der Waals surface area (Å²) in [5, 5.41) is 9.21. The van der Waals surface area contributed by atoms with Crippen molar-refractivity contribution in [3.63, 3.8) is 0 Å². The van der Waals surface area contributed by atoms with Crippen LogP contribution in [0.5, 0.6) is 0 Å². The van der Waals surface area contributed by atoms with Gasteiger partial charge in [-0.2, -0.15) is 13.7 Å². The van der Waals surface area contributed by atoms with Gasteiger partial charge in [0.1, 0.15) is 6.07 Å². The smallest absolute Gasteiger partial charge is 0.347 e. The molecule has 0 aliphatic heterocycles. The van der Waals surface area contributed by atoms with Crippen LogP contribution in [0.3, 0.4) is 0 Å². The summed E-state index contributed by atoms with van der Waals surface area (Å²) in [4.78, 5) is 11.8. The highest BCUT2D eigenvalue weighted by atomic mass is 32.2. The largest absolute Gasteiger partial charge is 0.353 e. The fraction of sp³-hybridized carbons (Fsp3) is 0.200. The predicted octanol–water partition coefficient (Wildman–Crippen LogP) is 1.99. The fourth-order valence-corrected chi connectivity index (χ4v) is 2.52. The first-order chi connectivity index (χ1) is 10.2. The molecule has 7 heteroatoms. The molecule has 0 saturated carbocycles. The topological polar surface area (TPSA) is 89.2 Å². The lowest BCUT2D eigenvalue weighted by Crippen LogP contribution is -2.11. The summed E-state index contributed by atoms with van der Waals surface area (Å²) in [6.07, 6.45) is 0.809. The van der Waals surface area contributed by atoms with E-state index in [1.165, 1.54) is 12.1 Å². The molecule has 0 aliphatic carbocycles. The molecule has 6 nitrogen and oxygen atoms in total. The van der Waals surface area contributed by atoms with E-state index in [1.54, 1.807) is 18.2 Å². The van der Waals surface area contributed by atoms with E-state index in [2.05, 4.69) is 10.3 Å². The maximum absolute atomic E-state index is 11.8. The van der Waals surface area contributed by atoms with Gasteiger partial charge in [-0.15, -0.1) is 0 Å². The highest BCUT2D eigenvalue weighted by Crippen LogP contribution is 2.27. The number of benzene rings is 1. The van der Waals surface area contributed by atoms with Crippen molar-refractivity contribution in [2.75, 3.05) is 6.26 Å². The van der Waals surface area contributed by atoms with Crippen LogP contribution < -0.4 is 0 Å². The lowest BCUT2D eigenvalue weighted by atomic mass is 10.1. The van der Waals surface area contributed by atoms with Gasteiger partial charge in [0.2, 0.25) is 0 Å². The summed E-state index contributed by atoms with van der Waals surface area (Å²) in [7, 11) is -2.06. The van der Waals surface area contributed by atoms with Crippen molar-refractivity contribution in [3.05, 3.63) is 47.2 Å². The molecule has 22 heavy (non-hydrogen) atoms. The highest BCUT2D eigenvalue weighted by Gasteiger charge is 2.17. The number of aryl methyl sites for hydroxylation is 1. The maximum Gasteiger partial charge on any atom is 0.353 e. The van der Waals surface area contributed by atoms with Crippen LogP contribution in [0.1, 0.15) is 21.6 Å². The molecule has 0 unspecified atom stereocenters. The van der Waals surface area contributed by atoms with Gasteiger partial charge in [0.15, 0.2) is 0 Å². The SMILES string of the molecule is Cc1cc(C#N)c(-c2cccc(C(=O)OS(C)(=O)=O)c2)n1C. The van der Waals surface area contributed by atoms with Crippen molar-refractivity contribution in [2.24, 2.45) is 7.05 Å². The molecule has 0 saturated heterocycles. The normalized spacial score (nSPS) is 11.0. The minimum absolute atomic E-state index is 0.102. The molecular weight excluding hydrogens is 304 g/mol. The summed E-state index contributed by atoms with van der Waals surface area (Å²) in [6.45, 7) is 1.87. The summed E-state index contributed by atoms with van der Waals surface area (Å²) in [6, 6.07) is 10.2. The Kier molecular flexibility index (Phi) is 4.06. The van der Waals surface area contributed by atoms with Gasteiger partial charge >= 0.3 is 16.1 Å². The van der Waals surface area contributed by atoms with Gasteiger partial charge in [-0.25, -0.2) is 4.79 Å². The Morgan fingerprint density at radius 1 is 1.32 bits per heavy atom. The molecule has 114 valence electrons. The molecule has 1 aromatic heterocycles. The highest BCUT2D eigenvalue weighted by molar-refractivity contribution is 7.86. The van der Waals surface area contributed by atoms with Crippen molar-refractivity contribution >= 4 is 16.1 Å². The molecular formula is C15H14N2O4S. The summed E-state index contributed by atoms with van der Waals surface area (Å²) < 4.78 is 28.3. The first kappa shape index (κ1) is 15.8. The molecule has 0 aliphatic rings. The van der Waals surface area contributed by atoms with Gasteiger partial charge < -0.3 is 8.75 Å². The van der Waals surface area contributed by atoms with Gasteiger partial charge in [-0.3, -0.25) is 0 Å². The molecule has 0 N–H and O–H groups in total. The Balaban J connectivity index is 2.50. The Bertz CT molecular complexity index is 889. The lowest BCUT2D eigenvalue weighted by Gasteiger charge is -2.08. The number of hydrogen-bond donors (Lipinski definition) is 0. The molecule has 2 rings (SSSR count). The number of carbonyl (C=O) groups excluding carboxylic acids is 1. The first-order valence-corrected chi connectivity index (χ1v) is 8.15. The second kappa shape index (κ2) is 5.66. The average molecular weight is 318 g/mol. The molecule has 0 radical (unpaired) electrons. The predicted molar refractivity (Wildman–Crippen MR) is 80.6 cm³/mol. The summed E-state index contributed by atoms with van der Waals surface area (Å²) in [5.41, 5.74) is 2.78. The zero-order valence-corrected chi connectivity index (χ0v) is 13.1. The molecule has 1 heterocycles. The Morgan fingerprint density at radius 3 is 2.59 bits per heavy atom. The number of hydrogen-bond acceptors (Lipinski definition) is 5.